The maximum absolute atomic E-state index is 12.9. The average molecular weight is 358 g/mol. The smallest absolute Gasteiger partial charge is 0.361 e. The van der Waals surface area contributed by atoms with Crippen LogP contribution in [0.25, 0.3) is 10.9 Å². The van der Waals surface area contributed by atoms with Crippen molar-refractivity contribution in [3.63, 3.8) is 0 Å². The van der Waals surface area contributed by atoms with Gasteiger partial charge in [-0.15, -0.1) is 0 Å². The second-order valence-electron chi connectivity index (χ2n) is 6.16. The Balaban J connectivity index is 1.72. The first-order chi connectivity index (χ1) is 12.4. The first kappa shape index (κ1) is 16.4. The molecule has 1 aliphatic rings. The third-order valence-corrected chi connectivity index (χ3v) is 4.57. The zero-order valence-electron chi connectivity index (χ0n) is 13.4. The van der Waals surface area contributed by atoms with E-state index in [1.54, 1.807) is 6.20 Å². The number of nitrogens with zero attached hydrogens (tertiary/aromatic N) is 1. The molecule has 0 saturated carbocycles. The van der Waals surface area contributed by atoms with Gasteiger partial charge in [0.15, 0.2) is 0 Å². The van der Waals surface area contributed by atoms with Crippen LogP contribution >= 0.6 is 0 Å². The van der Waals surface area contributed by atoms with Crippen LogP contribution in [0.3, 0.4) is 0 Å². The molecular formula is C19H13F3N2O2. The van der Waals surface area contributed by atoms with Crippen molar-refractivity contribution in [3.8, 4) is 0 Å². The van der Waals surface area contributed by atoms with Gasteiger partial charge in [0.1, 0.15) is 0 Å². The molecule has 2 aromatic carbocycles. The van der Waals surface area contributed by atoms with Gasteiger partial charge in [0.2, 0.25) is 11.8 Å². The largest absolute Gasteiger partial charge is 0.416 e. The molecule has 0 radical (unpaired) electrons. The summed E-state index contributed by atoms with van der Waals surface area (Å²) in [6.07, 6.45) is -2.94. The topological polar surface area (TPSA) is 53.2 Å². The summed E-state index contributed by atoms with van der Waals surface area (Å²) < 4.78 is 38.8. The van der Waals surface area contributed by atoms with Crippen molar-refractivity contribution in [2.75, 3.05) is 4.90 Å². The van der Waals surface area contributed by atoms with Gasteiger partial charge in [-0.25, -0.2) is 4.90 Å². The number of carbonyl (C=O) groups excluding carboxylic acids is 2. The third-order valence-electron chi connectivity index (χ3n) is 4.57. The summed E-state index contributed by atoms with van der Waals surface area (Å²) in [5.41, 5.74) is 0.553. The Morgan fingerprint density at radius 1 is 1.04 bits per heavy atom. The second kappa shape index (κ2) is 5.72. The van der Waals surface area contributed by atoms with Gasteiger partial charge in [-0.2, -0.15) is 13.2 Å². The van der Waals surface area contributed by atoms with E-state index in [2.05, 4.69) is 4.98 Å². The van der Waals surface area contributed by atoms with Crippen molar-refractivity contribution >= 4 is 28.4 Å². The lowest BCUT2D eigenvalue weighted by atomic mass is 9.97. The number of halogens is 3. The van der Waals surface area contributed by atoms with Crippen LogP contribution in [0.4, 0.5) is 18.9 Å². The molecule has 2 amide bonds. The first-order valence-corrected chi connectivity index (χ1v) is 7.96. The Hall–Kier alpha value is -3.09. The highest BCUT2D eigenvalue weighted by molar-refractivity contribution is 6.23. The van der Waals surface area contributed by atoms with Gasteiger partial charge in [-0.1, -0.05) is 24.3 Å². The molecule has 1 N–H and O–H groups in total. The lowest BCUT2D eigenvalue weighted by Crippen LogP contribution is -2.30. The number of H-pyrrole nitrogens is 1. The molecule has 7 heteroatoms. The van der Waals surface area contributed by atoms with Crippen LogP contribution in [0.15, 0.2) is 54.7 Å². The fourth-order valence-corrected chi connectivity index (χ4v) is 3.35. The number of anilines is 1. The van der Waals surface area contributed by atoms with Crippen LogP contribution in [0.5, 0.6) is 0 Å². The van der Waals surface area contributed by atoms with Crippen molar-refractivity contribution in [1.29, 1.82) is 0 Å². The minimum atomic E-state index is -4.54. The fraction of sp³-hybridized carbons (Fsp3) is 0.158. The van der Waals surface area contributed by atoms with Gasteiger partial charge < -0.3 is 4.98 Å². The highest BCUT2D eigenvalue weighted by atomic mass is 19.4. The van der Waals surface area contributed by atoms with Gasteiger partial charge >= 0.3 is 6.18 Å². The highest BCUT2D eigenvalue weighted by Gasteiger charge is 2.42. The highest BCUT2D eigenvalue weighted by Crippen LogP contribution is 2.38. The minimum Gasteiger partial charge on any atom is -0.361 e. The van der Waals surface area contributed by atoms with E-state index >= 15 is 0 Å². The predicted molar refractivity (Wildman–Crippen MR) is 89.6 cm³/mol. The molecule has 3 aromatic rings. The number of para-hydroxylation sites is 1. The Kier molecular flexibility index (Phi) is 3.61. The Morgan fingerprint density at radius 2 is 1.81 bits per heavy atom. The van der Waals surface area contributed by atoms with E-state index in [-0.39, 0.29) is 12.1 Å². The molecule has 0 bridgehead atoms. The lowest BCUT2D eigenvalue weighted by molar-refractivity contribution is -0.137. The molecule has 1 fully saturated rings. The molecule has 1 aliphatic heterocycles. The van der Waals surface area contributed by atoms with Gasteiger partial charge in [0, 0.05) is 23.5 Å². The maximum Gasteiger partial charge on any atom is 0.416 e. The summed E-state index contributed by atoms with van der Waals surface area (Å²) in [6.45, 7) is 0. The Labute approximate surface area is 146 Å². The summed E-state index contributed by atoms with van der Waals surface area (Å²) in [7, 11) is 0. The van der Waals surface area contributed by atoms with E-state index in [1.165, 1.54) is 12.1 Å². The molecule has 2 heterocycles. The van der Waals surface area contributed by atoms with E-state index < -0.39 is 29.5 Å². The summed E-state index contributed by atoms with van der Waals surface area (Å²) in [6, 6.07) is 11.6. The molecule has 4 rings (SSSR count). The van der Waals surface area contributed by atoms with Crippen LogP contribution in [-0.4, -0.2) is 16.8 Å². The molecule has 1 atom stereocenters. The van der Waals surface area contributed by atoms with E-state index in [4.69, 9.17) is 0 Å². The molecule has 0 aliphatic carbocycles. The van der Waals surface area contributed by atoms with E-state index in [1.807, 2.05) is 24.3 Å². The first-order valence-electron chi connectivity index (χ1n) is 7.96. The molecule has 0 unspecified atom stereocenters. The molecule has 132 valence electrons. The van der Waals surface area contributed by atoms with Crippen LogP contribution < -0.4 is 4.90 Å². The summed E-state index contributed by atoms with van der Waals surface area (Å²) in [4.78, 5) is 29.1. The van der Waals surface area contributed by atoms with Crippen molar-refractivity contribution in [1.82, 2.24) is 4.98 Å². The average Bonchev–Trinajstić information content (AvgIpc) is 3.15. The standard InChI is InChI=1S/C19H13F3N2O2/c20-19(21,22)11-4-3-5-12(8-11)24-17(25)9-14(18(24)26)15-10-23-16-7-2-1-6-13(15)16/h1-8,10,14,23H,9H2/t14-/m1/s1. The van der Waals surface area contributed by atoms with Crippen LogP contribution in [0.1, 0.15) is 23.5 Å². The number of hydrogen-bond acceptors (Lipinski definition) is 2. The third kappa shape index (κ3) is 2.56. The van der Waals surface area contributed by atoms with Crippen molar-refractivity contribution in [3.05, 3.63) is 65.9 Å². The maximum atomic E-state index is 12.9. The molecule has 1 saturated heterocycles. The van der Waals surface area contributed by atoms with Crippen molar-refractivity contribution in [2.45, 2.75) is 18.5 Å². The van der Waals surface area contributed by atoms with Crippen LogP contribution in [0.2, 0.25) is 0 Å². The minimum absolute atomic E-state index is 0.0582. The molecular weight excluding hydrogens is 345 g/mol. The summed E-state index contributed by atoms with van der Waals surface area (Å²) >= 11 is 0. The number of fused-ring (bicyclic) bond motifs is 1. The molecule has 1 aromatic heterocycles. The number of carbonyl (C=O) groups is 2. The van der Waals surface area contributed by atoms with Crippen molar-refractivity contribution < 1.29 is 22.8 Å². The van der Waals surface area contributed by atoms with Crippen LogP contribution in [0, 0.1) is 0 Å². The number of hydrogen-bond donors (Lipinski definition) is 1. The number of amides is 2. The Bertz CT molecular complexity index is 1020. The fourth-order valence-electron chi connectivity index (χ4n) is 3.35. The number of alkyl halides is 3. The van der Waals surface area contributed by atoms with E-state index in [0.29, 0.717) is 5.56 Å². The van der Waals surface area contributed by atoms with Gasteiger partial charge in [-0.3, -0.25) is 9.59 Å². The van der Waals surface area contributed by atoms with Gasteiger partial charge in [0.05, 0.1) is 17.2 Å². The summed E-state index contributed by atoms with van der Waals surface area (Å²) in [5.74, 6) is -1.74. The molecule has 0 spiro atoms. The molecule has 4 nitrogen and oxygen atoms in total. The number of nitrogens with one attached hydrogen (secondary N) is 1. The summed E-state index contributed by atoms with van der Waals surface area (Å²) in [5, 5.41) is 0.824. The van der Waals surface area contributed by atoms with Gasteiger partial charge in [0.25, 0.3) is 0 Å². The quantitative estimate of drug-likeness (QED) is 0.697. The zero-order chi connectivity index (χ0) is 18.5. The SMILES string of the molecule is O=C1C[C@H](c2c[nH]c3ccccc23)C(=O)N1c1cccc(C(F)(F)F)c1. The van der Waals surface area contributed by atoms with Gasteiger partial charge in [-0.05, 0) is 29.8 Å². The van der Waals surface area contributed by atoms with Crippen LogP contribution in [-0.2, 0) is 15.8 Å². The predicted octanol–water partition coefficient (Wildman–Crippen LogP) is 4.23. The second-order valence-corrected chi connectivity index (χ2v) is 6.16. The van der Waals surface area contributed by atoms with E-state index in [9.17, 15) is 22.8 Å². The normalized spacial score (nSPS) is 18.1. The number of imide groups is 1. The monoisotopic (exact) mass is 358 g/mol. The zero-order valence-corrected chi connectivity index (χ0v) is 13.4. The molecule has 26 heavy (non-hydrogen) atoms. The van der Waals surface area contributed by atoms with Crippen molar-refractivity contribution in [2.24, 2.45) is 0 Å². The lowest BCUT2D eigenvalue weighted by Gasteiger charge is -2.17. The number of aromatic amines is 1. The number of aromatic nitrogens is 1. The Morgan fingerprint density at radius 3 is 2.58 bits per heavy atom. The van der Waals surface area contributed by atoms with E-state index in [0.717, 1.165) is 27.9 Å². The number of benzene rings is 2. The number of rotatable bonds is 2.